The maximum atomic E-state index is 11.7. The van der Waals surface area contributed by atoms with Gasteiger partial charge in [-0.2, -0.15) is 0 Å². The van der Waals surface area contributed by atoms with E-state index >= 15 is 0 Å². The highest BCUT2D eigenvalue weighted by Gasteiger charge is 2.22. The molecule has 1 aliphatic heterocycles. The van der Waals surface area contributed by atoms with Crippen LogP contribution in [0.5, 0.6) is 0 Å². The first-order chi connectivity index (χ1) is 7.25. The van der Waals surface area contributed by atoms with Crippen molar-refractivity contribution in [3.8, 4) is 0 Å². The van der Waals surface area contributed by atoms with Crippen LogP contribution < -0.4 is 0 Å². The Labute approximate surface area is 86.7 Å². The summed E-state index contributed by atoms with van der Waals surface area (Å²) in [6.07, 6.45) is 2.63. The number of hydrogen-bond donors (Lipinski definition) is 1. The molecule has 0 saturated carbocycles. The molecule has 2 heterocycles. The molecule has 0 aromatic carbocycles. The summed E-state index contributed by atoms with van der Waals surface area (Å²) >= 11 is 0. The Morgan fingerprint density at radius 2 is 2.47 bits per heavy atom. The van der Waals surface area contributed by atoms with E-state index in [2.05, 4.69) is 15.5 Å². The molecule has 2 rings (SSSR count). The summed E-state index contributed by atoms with van der Waals surface area (Å²) in [5, 5.41) is 19.9. The van der Waals surface area contributed by atoms with Gasteiger partial charge in [-0.25, -0.2) is 4.68 Å². The predicted molar refractivity (Wildman–Crippen MR) is 49.6 cm³/mol. The van der Waals surface area contributed by atoms with Gasteiger partial charge in [-0.15, -0.1) is 5.10 Å². The maximum Gasteiger partial charge on any atom is 0.244 e. The molecule has 1 saturated heterocycles. The lowest BCUT2D eigenvalue weighted by molar-refractivity contribution is -0.135. The average molecular weight is 211 g/mol. The van der Waals surface area contributed by atoms with Crippen LogP contribution in [0.25, 0.3) is 0 Å². The second-order valence-corrected chi connectivity index (χ2v) is 3.64. The maximum absolute atomic E-state index is 11.7. The lowest BCUT2D eigenvalue weighted by Crippen LogP contribution is -2.43. The number of rotatable bonds is 2. The fraction of sp³-hybridized carbons (Fsp3) is 0.750. The Morgan fingerprint density at radius 1 is 1.60 bits per heavy atom. The van der Waals surface area contributed by atoms with Crippen LogP contribution in [0.3, 0.4) is 0 Å². The minimum absolute atomic E-state index is 0.0546. The minimum Gasteiger partial charge on any atom is -0.391 e. The first-order valence-electron chi connectivity index (χ1n) is 4.92. The zero-order valence-electron chi connectivity index (χ0n) is 8.28. The van der Waals surface area contributed by atoms with Crippen LogP contribution in [-0.2, 0) is 11.3 Å². The molecule has 1 atom stereocenters. The zero-order valence-corrected chi connectivity index (χ0v) is 8.28. The van der Waals surface area contributed by atoms with Crippen LogP contribution in [0.1, 0.15) is 12.8 Å². The highest BCUT2D eigenvalue weighted by molar-refractivity contribution is 5.75. The fourth-order valence-corrected chi connectivity index (χ4v) is 1.67. The van der Waals surface area contributed by atoms with E-state index in [1.807, 2.05) is 0 Å². The number of aromatic nitrogens is 4. The van der Waals surface area contributed by atoms with Gasteiger partial charge in [-0.1, -0.05) is 0 Å². The molecule has 1 aromatic rings. The van der Waals surface area contributed by atoms with Gasteiger partial charge in [-0.05, 0) is 23.3 Å². The Bertz CT molecular complexity index is 326. The number of aliphatic hydroxyl groups is 1. The van der Waals surface area contributed by atoms with Gasteiger partial charge in [-0.3, -0.25) is 4.79 Å². The van der Waals surface area contributed by atoms with E-state index in [-0.39, 0.29) is 12.5 Å². The highest BCUT2D eigenvalue weighted by Crippen LogP contribution is 2.09. The van der Waals surface area contributed by atoms with E-state index in [1.165, 1.54) is 11.0 Å². The number of likely N-dealkylation sites (tertiary alicyclic amines) is 1. The summed E-state index contributed by atoms with van der Waals surface area (Å²) in [4.78, 5) is 13.4. The number of nitrogens with zero attached hydrogens (tertiary/aromatic N) is 5. The van der Waals surface area contributed by atoms with E-state index in [0.29, 0.717) is 13.1 Å². The molecule has 1 aromatic heterocycles. The van der Waals surface area contributed by atoms with E-state index in [4.69, 9.17) is 0 Å². The Balaban J connectivity index is 1.90. The molecule has 0 spiro atoms. The Morgan fingerprint density at radius 3 is 3.13 bits per heavy atom. The lowest BCUT2D eigenvalue weighted by Gasteiger charge is -2.29. The van der Waals surface area contributed by atoms with E-state index < -0.39 is 6.10 Å². The Hall–Kier alpha value is -1.50. The number of hydrogen-bond acceptors (Lipinski definition) is 5. The fourth-order valence-electron chi connectivity index (χ4n) is 1.67. The first-order valence-corrected chi connectivity index (χ1v) is 4.92. The van der Waals surface area contributed by atoms with Crippen LogP contribution in [0, 0.1) is 0 Å². The molecule has 0 bridgehead atoms. The van der Waals surface area contributed by atoms with Crippen LogP contribution >= 0.6 is 0 Å². The number of β-amino-alcohol motifs (C(OH)–C–C–N with tert-alkyl or cyclic N) is 1. The van der Waals surface area contributed by atoms with Gasteiger partial charge in [0.25, 0.3) is 0 Å². The zero-order chi connectivity index (χ0) is 10.7. The average Bonchev–Trinajstić information content (AvgIpc) is 2.70. The van der Waals surface area contributed by atoms with Gasteiger partial charge in [0.05, 0.1) is 6.10 Å². The van der Waals surface area contributed by atoms with Gasteiger partial charge in [0.1, 0.15) is 12.9 Å². The van der Waals surface area contributed by atoms with Crippen LogP contribution in [-0.4, -0.2) is 55.3 Å². The van der Waals surface area contributed by atoms with E-state index in [1.54, 1.807) is 4.90 Å². The largest absolute Gasteiger partial charge is 0.391 e. The van der Waals surface area contributed by atoms with E-state index in [9.17, 15) is 9.90 Å². The third-order valence-electron chi connectivity index (χ3n) is 2.44. The predicted octanol–water partition coefficient (Wildman–Crippen LogP) is -1.34. The second kappa shape index (κ2) is 4.35. The molecular formula is C8H13N5O2. The molecule has 1 fully saturated rings. The van der Waals surface area contributed by atoms with Crippen molar-refractivity contribution in [1.29, 1.82) is 0 Å². The number of piperidine rings is 1. The third-order valence-corrected chi connectivity index (χ3v) is 2.44. The molecule has 0 radical (unpaired) electrons. The number of aliphatic hydroxyl groups excluding tert-OH is 1. The summed E-state index contributed by atoms with van der Waals surface area (Å²) < 4.78 is 1.38. The third kappa shape index (κ3) is 2.50. The van der Waals surface area contributed by atoms with Gasteiger partial charge in [0.15, 0.2) is 0 Å². The summed E-state index contributed by atoms with van der Waals surface area (Å²) in [5.41, 5.74) is 0. The van der Waals surface area contributed by atoms with E-state index in [0.717, 1.165) is 12.8 Å². The van der Waals surface area contributed by atoms with Crippen molar-refractivity contribution in [2.24, 2.45) is 0 Å². The normalized spacial score (nSPS) is 21.7. The van der Waals surface area contributed by atoms with Crippen LogP contribution in [0.15, 0.2) is 6.33 Å². The van der Waals surface area contributed by atoms with Crippen molar-refractivity contribution in [3.63, 3.8) is 0 Å². The van der Waals surface area contributed by atoms with Crippen molar-refractivity contribution in [2.75, 3.05) is 13.1 Å². The molecule has 7 nitrogen and oxygen atoms in total. The molecule has 15 heavy (non-hydrogen) atoms. The molecule has 1 N–H and O–H groups in total. The van der Waals surface area contributed by atoms with Crippen molar-refractivity contribution in [1.82, 2.24) is 25.1 Å². The number of tetrazole rings is 1. The second-order valence-electron chi connectivity index (χ2n) is 3.64. The summed E-state index contributed by atoms with van der Waals surface area (Å²) in [5.74, 6) is -0.0546. The summed E-state index contributed by atoms with van der Waals surface area (Å²) in [6.45, 7) is 1.26. The number of amides is 1. The Kier molecular flexibility index (Phi) is 2.91. The van der Waals surface area contributed by atoms with Gasteiger partial charge >= 0.3 is 0 Å². The van der Waals surface area contributed by atoms with Crippen LogP contribution in [0.2, 0.25) is 0 Å². The van der Waals surface area contributed by atoms with Gasteiger partial charge in [0, 0.05) is 13.1 Å². The smallest absolute Gasteiger partial charge is 0.244 e. The molecule has 7 heteroatoms. The molecule has 82 valence electrons. The first kappa shape index (κ1) is 10.0. The summed E-state index contributed by atoms with van der Waals surface area (Å²) in [7, 11) is 0. The van der Waals surface area contributed by atoms with Crippen LogP contribution in [0.4, 0.5) is 0 Å². The van der Waals surface area contributed by atoms with Crippen molar-refractivity contribution < 1.29 is 9.90 Å². The van der Waals surface area contributed by atoms with Crippen molar-refractivity contribution >= 4 is 5.91 Å². The lowest BCUT2D eigenvalue weighted by atomic mass is 10.1. The number of carbonyl (C=O) groups excluding carboxylic acids is 1. The molecule has 1 amide bonds. The monoisotopic (exact) mass is 211 g/mol. The standard InChI is InChI=1S/C8H13N5O2/c14-7-2-1-3-12(4-7)8(15)5-13-6-9-10-11-13/h6-7,14H,1-5H2/t7-/m1/s1. The molecule has 0 unspecified atom stereocenters. The molecule has 1 aliphatic rings. The van der Waals surface area contributed by atoms with Gasteiger partial charge in [0.2, 0.25) is 5.91 Å². The number of carbonyl (C=O) groups is 1. The topological polar surface area (TPSA) is 84.1 Å². The summed E-state index contributed by atoms with van der Waals surface area (Å²) in [6, 6.07) is 0. The van der Waals surface area contributed by atoms with Gasteiger partial charge < -0.3 is 10.0 Å². The molecular weight excluding hydrogens is 198 g/mol. The van der Waals surface area contributed by atoms with Crippen molar-refractivity contribution in [3.05, 3.63) is 6.33 Å². The quantitative estimate of drug-likeness (QED) is 0.654. The minimum atomic E-state index is -0.392. The SMILES string of the molecule is O=C(Cn1cnnn1)N1CCC[C@@H](O)C1. The van der Waals surface area contributed by atoms with Crippen molar-refractivity contribution in [2.45, 2.75) is 25.5 Å². The highest BCUT2D eigenvalue weighted by atomic mass is 16.3. The molecule has 0 aliphatic carbocycles.